The molecule has 0 aliphatic heterocycles. The molecule has 0 aliphatic carbocycles. The summed E-state index contributed by atoms with van der Waals surface area (Å²) in [4.78, 5) is 12.5. The lowest BCUT2D eigenvalue weighted by Crippen LogP contribution is -2.44. The van der Waals surface area contributed by atoms with Crippen LogP contribution < -0.4 is 0 Å². The summed E-state index contributed by atoms with van der Waals surface area (Å²) < 4.78 is 21.8. The van der Waals surface area contributed by atoms with Gasteiger partial charge in [-0.1, -0.05) is 13.8 Å². The molecule has 0 aliphatic rings. The summed E-state index contributed by atoms with van der Waals surface area (Å²) in [7, 11) is -1.41. The molecule has 5 nitrogen and oxygen atoms in total. The second-order valence-corrected chi connectivity index (χ2v) is 6.40. The SMILES string of the molecule is CC(C)C(C(=O)O)N(C)CCS(C)(=O)=O. The number of sulfone groups is 1. The van der Waals surface area contributed by atoms with Gasteiger partial charge in [-0.25, -0.2) is 8.42 Å². The van der Waals surface area contributed by atoms with Crippen LogP contribution in [0.2, 0.25) is 0 Å². The van der Waals surface area contributed by atoms with E-state index in [-0.39, 0.29) is 18.2 Å². The van der Waals surface area contributed by atoms with Gasteiger partial charge in [0.1, 0.15) is 15.9 Å². The Kier molecular flexibility index (Phi) is 5.23. The first-order valence-electron chi connectivity index (χ1n) is 4.76. The molecule has 0 saturated heterocycles. The van der Waals surface area contributed by atoms with Crippen LogP contribution in [0.25, 0.3) is 0 Å². The third-order valence-electron chi connectivity index (χ3n) is 2.17. The topological polar surface area (TPSA) is 74.7 Å². The van der Waals surface area contributed by atoms with Crippen molar-refractivity contribution in [3.63, 3.8) is 0 Å². The van der Waals surface area contributed by atoms with Gasteiger partial charge in [0.25, 0.3) is 0 Å². The zero-order chi connectivity index (χ0) is 12.2. The highest BCUT2D eigenvalue weighted by Crippen LogP contribution is 2.09. The molecule has 0 saturated carbocycles. The van der Waals surface area contributed by atoms with E-state index >= 15 is 0 Å². The van der Waals surface area contributed by atoms with Crippen LogP contribution >= 0.6 is 0 Å². The van der Waals surface area contributed by atoms with E-state index in [1.165, 1.54) is 0 Å². The van der Waals surface area contributed by atoms with E-state index < -0.39 is 21.8 Å². The number of likely N-dealkylation sites (N-methyl/N-ethyl adjacent to an activating group) is 1. The Labute approximate surface area is 91.0 Å². The van der Waals surface area contributed by atoms with Crippen molar-refractivity contribution in [2.24, 2.45) is 5.92 Å². The van der Waals surface area contributed by atoms with E-state index in [0.717, 1.165) is 6.26 Å². The van der Waals surface area contributed by atoms with Crippen LogP contribution in [-0.2, 0) is 14.6 Å². The van der Waals surface area contributed by atoms with E-state index in [1.54, 1.807) is 25.8 Å². The van der Waals surface area contributed by atoms with Crippen LogP contribution in [0.5, 0.6) is 0 Å². The first kappa shape index (κ1) is 14.4. The summed E-state index contributed by atoms with van der Waals surface area (Å²) in [5.41, 5.74) is 0. The zero-order valence-corrected chi connectivity index (χ0v) is 10.4. The van der Waals surface area contributed by atoms with Crippen molar-refractivity contribution in [3.05, 3.63) is 0 Å². The van der Waals surface area contributed by atoms with Gasteiger partial charge in [0.05, 0.1) is 5.75 Å². The number of carbonyl (C=O) groups is 1. The summed E-state index contributed by atoms with van der Waals surface area (Å²) in [5, 5.41) is 8.95. The summed E-state index contributed by atoms with van der Waals surface area (Å²) in [6, 6.07) is -0.633. The first-order valence-corrected chi connectivity index (χ1v) is 6.82. The summed E-state index contributed by atoms with van der Waals surface area (Å²) in [6.07, 6.45) is 1.14. The highest BCUT2D eigenvalue weighted by molar-refractivity contribution is 7.90. The molecule has 0 rings (SSSR count). The van der Waals surface area contributed by atoms with E-state index in [2.05, 4.69) is 0 Å². The van der Waals surface area contributed by atoms with Gasteiger partial charge >= 0.3 is 5.97 Å². The Morgan fingerprint density at radius 2 is 1.87 bits per heavy atom. The van der Waals surface area contributed by atoms with Gasteiger partial charge in [-0.2, -0.15) is 0 Å². The van der Waals surface area contributed by atoms with Crippen LogP contribution in [0, 0.1) is 5.92 Å². The molecule has 90 valence electrons. The van der Waals surface area contributed by atoms with Gasteiger partial charge in [0, 0.05) is 12.8 Å². The molecular weight excluding hydrogens is 218 g/mol. The van der Waals surface area contributed by atoms with E-state index in [9.17, 15) is 13.2 Å². The van der Waals surface area contributed by atoms with Gasteiger partial charge in [-0.3, -0.25) is 9.69 Å². The monoisotopic (exact) mass is 237 g/mol. The minimum atomic E-state index is -3.04. The molecule has 0 spiro atoms. The third kappa shape index (κ3) is 5.74. The number of hydrogen-bond donors (Lipinski definition) is 1. The van der Waals surface area contributed by atoms with Gasteiger partial charge in [-0.05, 0) is 13.0 Å². The Balaban J connectivity index is 4.40. The predicted molar refractivity (Wildman–Crippen MR) is 58.6 cm³/mol. The minimum absolute atomic E-state index is 0.0139. The van der Waals surface area contributed by atoms with Gasteiger partial charge in [-0.15, -0.1) is 0 Å². The Morgan fingerprint density at radius 1 is 1.40 bits per heavy atom. The summed E-state index contributed by atoms with van der Waals surface area (Å²) in [6.45, 7) is 3.85. The van der Waals surface area contributed by atoms with Crippen molar-refractivity contribution in [2.45, 2.75) is 19.9 Å². The molecule has 1 unspecified atom stereocenters. The Morgan fingerprint density at radius 3 is 2.13 bits per heavy atom. The van der Waals surface area contributed by atoms with E-state index in [0.29, 0.717) is 0 Å². The molecular formula is C9H19NO4S. The molecule has 0 amide bonds. The molecule has 15 heavy (non-hydrogen) atoms. The van der Waals surface area contributed by atoms with Crippen molar-refractivity contribution in [2.75, 3.05) is 25.6 Å². The molecule has 0 aromatic carbocycles. The fraction of sp³-hybridized carbons (Fsp3) is 0.889. The average Bonchev–Trinajstić information content (AvgIpc) is 1.97. The molecule has 0 aromatic heterocycles. The largest absolute Gasteiger partial charge is 0.480 e. The highest BCUT2D eigenvalue weighted by Gasteiger charge is 2.26. The van der Waals surface area contributed by atoms with Crippen molar-refractivity contribution in [1.29, 1.82) is 0 Å². The van der Waals surface area contributed by atoms with Crippen molar-refractivity contribution < 1.29 is 18.3 Å². The standard InChI is InChI=1S/C9H19NO4S/c1-7(2)8(9(11)12)10(3)5-6-15(4,13)14/h7-8H,5-6H2,1-4H3,(H,11,12). The number of carboxylic acids is 1. The van der Waals surface area contributed by atoms with Crippen LogP contribution in [0.1, 0.15) is 13.8 Å². The third-order valence-corrected chi connectivity index (χ3v) is 3.10. The van der Waals surface area contributed by atoms with E-state index in [4.69, 9.17) is 5.11 Å². The second kappa shape index (κ2) is 5.46. The van der Waals surface area contributed by atoms with Crippen molar-refractivity contribution in [1.82, 2.24) is 4.90 Å². The molecule has 0 heterocycles. The maximum absolute atomic E-state index is 10.9. The lowest BCUT2D eigenvalue weighted by atomic mass is 10.0. The quantitative estimate of drug-likeness (QED) is 0.707. The molecule has 0 fully saturated rings. The van der Waals surface area contributed by atoms with Crippen LogP contribution in [-0.4, -0.2) is 56.0 Å². The van der Waals surface area contributed by atoms with Gasteiger partial charge in [0.2, 0.25) is 0 Å². The molecule has 1 N–H and O–H groups in total. The molecule has 0 radical (unpaired) electrons. The summed E-state index contributed by atoms with van der Waals surface area (Å²) >= 11 is 0. The second-order valence-electron chi connectivity index (χ2n) is 4.14. The molecule has 0 bridgehead atoms. The van der Waals surface area contributed by atoms with Crippen molar-refractivity contribution in [3.8, 4) is 0 Å². The highest BCUT2D eigenvalue weighted by atomic mass is 32.2. The van der Waals surface area contributed by atoms with Crippen LogP contribution in [0.4, 0.5) is 0 Å². The average molecular weight is 237 g/mol. The molecule has 0 aromatic rings. The predicted octanol–water partition coefficient (Wildman–Crippen LogP) is 0.0720. The van der Waals surface area contributed by atoms with Crippen LogP contribution in [0.3, 0.4) is 0 Å². The van der Waals surface area contributed by atoms with E-state index in [1.807, 2.05) is 0 Å². The smallest absolute Gasteiger partial charge is 0.321 e. The number of hydrogen-bond acceptors (Lipinski definition) is 4. The maximum Gasteiger partial charge on any atom is 0.321 e. The number of nitrogens with zero attached hydrogens (tertiary/aromatic N) is 1. The fourth-order valence-corrected chi connectivity index (χ4v) is 2.05. The normalized spacial score (nSPS) is 14.5. The number of carboxylic acid groups (broad SMARTS) is 1. The Hall–Kier alpha value is -0.620. The molecule has 6 heteroatoms. The van der Waals surface area contributed by atoms with Crippen molar-refractivity contribution >= 4 is 15.8 Å². The van der Waals surface area contributed by atoms with Crippen LogP contribution in [0.15, 0.2) is 0 Å². The number of aliphatic carboxylic acids is 1. The molecule has 1 atom stereocenters. The summed E-state index contributed by atoms with van der Waals surface area (Å²) in [5.74, 6) is -0.979. The Bertz CT molecular complexity index is 310. The first-order chi connectivity index (χ1) is 6.65. The fourth-order valence-electron chi connectivity index (χ4n) is 1.43. The van der Waals surface area contributed by atoms with Gasteiger partial charge < -0.3 is 5.11 Å². The minimum Gasteiger partial charge on any atom is -0.480 e. The number of rotatable bonds is 6. The lowest BCUT2D eigenvalue weighted by molar-refractivity contribution is -0.144. The lowest BCUT2D eigenvalue weighted by Gasteiger charge is -2.27. The van der Waals surface area contributed by atoms with Gasteiger partial charge in [0.15, 0.2) is 0 Å². The maximum atomic E-state index is 10.9. The zero-order valence-electron chi connectivity index (χ0n) is 9.60.